The van der Waals surface area contributed by atoms with Crippen molar-refractivity contribution in [3.8, 4) is 0 Å². The predicted molar refractivity (Wildman–Crippen MR) is 119 cm³/mol. The molecule has 1 aromatic carbocycles. The van der Waals surface area contributed by atoms with Gasteiger partial charge in [0.2, 0.25) is 0 Å². The fraction of sp³-hybridized carbons (Fsp3) is 0.760. The zero-order valence-electron chi connectivity index (χ0n) is 20.0. The minimum Gasteiger partial charge on any atom is -0.378 e. The lowest BCUT2D eigenvalue weighted by molar-refractivity contribution is -0.143. The molecule has 1 aromatic rings. The normalized spacial score (nSPS) is 29.6. The van der Waals surface area contributed by atoms with E-state index in [4.69, 9.17) is 0 Å². The maximum absolute atomic E-state index is 13.2. The van der Waals surface area contributed by atoms with E-state index in [9.17, 15) is 31.4 Å². The molecule has 0 amide bonds. The van der Waals surface area contributed by atoms with Gasteiger partial charge in [-0.1, -0.05) is 33.6 Å². The fourth-order valence-corrected chi connectivity index (χ4v) is 5.74. The minimum absolute atomic E-state index is 0.0813. The molecule has 5 unspecified atom stereocenters. The molecule has 0 radical (unpaired) electrons. The van der Waals surface area contributed by atoms with E-state index >= 15 is 0 Å². The molecule has 0 saturated heterocycles. The quantitative estimate of drug-likeness (QED) is 0.300. The van der Waals surface area contributed by atoms with E-state index in [1.807, 2.05) is 13.8 Å². The fourth-order valence-electron chi connectivity index (χ4n) is 5.74. The Labute approximate surface area is 197 Å². The number of halogens is 6. The maximum atomic E-state index is 13.2. The molecule has 0 heterocycles. The van der Waals surface area contributed by atoms with E-state index in [0.29, 0.717) is 30.5 Å². The first-order valence-corrected chi connectivity index (χ1v) is 12.2. The smallest absolute Gasteiger partial charge is 0.378 e. The monoisotopic (exact) mass is 494 g/mol. The molecule has 2 aliphatic rings. The van der Waals surface area contributed by atoms with Gasteiger partial charge >= 0.3 is 12.4 Å². The average Bonchev–Trinajstić information content (AvgIpc) is 3.17. The number of nitrogens with one attached hydrogen (secondary N) is 2. The largest absolute Gasteiger partial charge is 0.416 e. The van der Waals surface area contributed by atoms with E-state index in [-0.39, 0.29) is 30.1 Å². The lowest BCUT2D eigenvalue weighted by atomic mass is 9.73. The summed E-state index contributed by atoms with van der Waals surface area (Å²) in [6.45, 7) is 5.97. The second-order valence-electron chi connectivity index (χ2n) is 10.6. The third-order valence-corrected chi connectivity index (χ3v) is 7.99. The molecule has 194 valence electrons. The van der Waals surface area contributed by atoms with Crippen LogP contribution in [0.15, 0.2) is 18.2 Å². The standard InChI is InChI=1S/C25H36F6N2O/c1-15(2)23(9-8-20(13-23)33-21-7-5-4-6-16(21)3)22(34)32-14-17-10-18(24(26,27)28)12-19(11-17)25(29,30)31/h10-12,15-16,20-22,32-34H,4-9,13-14H2,1-3H3. The Balaban J connectivity index is 1.71. The molecule has 5 atom stereocenters. The van der Waals surface area contributed by atoms with Crippen LogP contribution in [0, 0.1) is 17.3 Å². The molecule has 34 heavy (non-hydrogen) atoms. The van der Waals surface area contributed by atoms with Gasteiger partial charge in [0.1, 0.15) is 6.23 Å². The van der Waals surface area contributed by atoms with Gasteiger partial charge in [-0.3, -0.25) is 5.32 Å². The van der Waals surface area contributed by atoms with Crippen molar-refractivity contribution in [2.24, 2.45) is 17.3 Å². The zero-order chi connectivity index (χ0) is 25.3. The van der Waals surface area contributed by atoms with Gasteiger partial charge in [-0.15, -0.1) is 0 Å². The van der Waals surface area contributed by atoms with Crippen molar-refractivity contribution >= 4 is 0 Å². The van der Waals surface area contributed by atoms with Crippen LogP contribution in [-0.4, -0.2) is 23.4 Å². The van der Waals surface area contributed by atoms with Crippen LogP contribution in [-0.2, 0) is 18.9 Å². The van der Waals surface area contributed by atoms with Crippen molar-refractivity contribution in [1.29, 1.82) is 0 Å². The van der Waals surface area contributed by atoms with Crippen LogP contribution in [0.25, 0.3) is 0 Å². The van der Waals surface area contributed by atoms with E-state index in [0.717, 1.165) is 19.3 Å². The first-order chi connectivity index (χ1) is 15.7. The second-order valence-corrected chi connectivity index (χ2v) is 10.6. The van der Waals surface area contributed by atoms with Crippen LogP contribution in [0.1, 0.15) is 82.4 Å². The van der Waals surface area contributed by atoms with Gasteiger partial charge in [0, 0.05) is 24.0 Å². The molecular weight excluding hydrogens is 458 g/mol. The van der Waals surface area contributed by atoms with Gasteiger partial charge in [-0.2, -0.15) is 26.3 Å². The first kappa shape index (κ1) is 27.3. The van der Waals surface area contributed by atoms with Gasteiger partial charge in [0.25, 0.3) is 0 Å². The molecule has 2 aliphatic carbocycles. The summed E-state index contributed by atoms with van der Waals surface area (Å²) < 4.78 is 79.0. The zero-order valence-corrected chi connectivity index (χ0v) is 20.0. The lowest BCUT2D eigenvalue weighted by Gasteiger charge is -2.39. The Morgan fingerprint density at radius 3 is 2.09 bits per heavy atom. The van der Waals surface area contributed by atoms with Gasteiger partial charge in [0.05, 0.1) is 11.1 Å². The second kappa shape index (κ2) is 10.3. The van der Waals surface area contributed by atoms with Crippen LogP contribution >= 0.6 is 0 Å². The van der Waals surface area contributed by atoms with Crippen LogP contribution in [0.3, 0.4) is 0 Å². The SMILES string of the molecule is CC1CCCCC1NC1CCC(C(C)C)(C(O)NCc2cc(C(F)(F)F)cc(C(F)(F)F)c2)C1. The highest BCUT2D eigenvalue weighted by Crippen LogP contribution is 2.47. The number of benzene rings is 1. The topological polar surface area (TPSA) is 44.3 Å². The molecule has 0 aliphatic heterocycles. The average molecular weight is 495 g/mol. The van der Waals surface area contributed by atoms with Crippen LogP contribution < -0.4 is 10.6 Å². The summed E-state index contributed by atoms with van der Waals surface area (Å²) in [7, 11) is 0. The Hall–Kier alpha value is -1.32. The van der Waals surface area contributed by atoms with Gasteiger partial charge < -0.3 is 10.4 Å². The number of rotatable bonds is 7. The summed E-state index contributed by atoms with van der Waals surface area (Å²) in [5.41, 5.74) is -3.37. The van der Waals surface area contributed by atoms with E-state index in [1.54, 1.807) is 0 Å². The van der Waals surface area contributed by atoms with Crippen LogP contribution in [0.5, 0.6) is 0 Å². The van der Waals surface area contributed by atoms with Crippen molar-refractivity contribution in [2.75, 3.05) is 0 Å². The van der Waals surface area contributed by atoms with Crippen molar-refractivity contribution in [2.45, 2.75) is 103 Å². The molecule has 0 bridgehead atoms. The van der Waals surface area contributed by atoms with Gasteiger partial charge in [-0.05, 0) is 67.7 Å². The maximum Gasteiger partial charge on any atom is 0.416 e. The van der Waals surface area contributed by atoms with Gasteiger partial charge in [-0.25, -0.2) is 0 Å². The van der Waals surface area contributed by atoms with Crippen molar-refractivity contribution in [3.63, 3.8) is 0 Å². The highest BCUT2D eigenvalue weighted by atomic mass is 19.4. The summed E-state index contributed by atoms with van der Waals surface area (Å²) >= 11 is 0. The molecule has 3 nitrogen and oxygen atoms in total. The van der Waals surface area contributed by atoms with Gasteiger partial charge in [0.15, 0.2) is 0 Å². The van der Waals surface area contributed by atoms with E-state index < -0.39 is 35.1 Å². The number of hydrogen-bond acceptors (Lipinski definition) is 3. The number of hydrogen-bond donors (Lipinski definition) is 3. The third-order valence-electron chi connectivity index (χ3n) is 7.99. The summed E-state index contributed by atoms with van der Waals surface area (Å²) in [5, 5.41) is 17.7. The number of alkyl halides is 6. The summed E-state index contributed by atoms with van der Waals surface area (Å²) in [5.74, 6) is 0.674. The summed E-state index contributed by atoms with van der Waals surface area (Å²) in [4.78, 5) is 0. The van der Waals surface area contributed by atoms with Crippen LogP contribution in [0.4, 0.5) is 26.3 Å². The number of aliphatic hydroxyl groups is 1. The Bertz CT molecular complexity index is 792. The van der Waals surface area contributed by atoms with E-state index in [1.165, 1.54) is 19.3 Å². The Morgan fingerprint density at radius 2 is 1.56 bits per heavy atom. The van der Waals surface area contributed by atoms with E-state index in [2.05, 4.69) is 17.6 Å². The lowest BCUT2D eigenvalue weighted by Crippen LogP contribution is -2.49. The molecule has 3 N–H and O–H groups in total. The molecule has 9 heteroatoms. The third kappa shape index (κ3) is 6.26. The molecule has 2 saturated carbocycles. The van der Waals surface area contributed by atoms with Crippen molar-refractivity contribution in [1.82, 2.24) is 10.6 Å². The Kier molecular flexibility index (Phi) is 8.30. The molecule has 0 aromatic heterocycles. The molecular formula is C25H36F6N2O. The molecule has 0 spiro atoms. The summed E-state index contributed by atoms with van der Waals surface area (Å²) in [6, 6.07) is 2.21. The van der Waals surface area contributed by atoms with Crippen molar-refractivity contribution < 1.29 is 31.4 Å². The molecule has 2 fully saturated rings. The Morgan fingerprint density at radius 1 is 0.971 bits per heavy atom. The highest BCUT2D eigenvalue weighted by molar-refractivity contribution is 5.33. The highest BCUT2D eigenvalue weighted by Gasteiger charge is 2.47. The number of aliphatic hydroxyl groups excluding tert-OH is 1. The first-order valence-electron chi connectivity index (χ1n) is 12.2. The predicted octanol–water partition coefficient (Wildman–Crippen LogP) is 6.50. The minimum atomic E-state index is -4.89. The van der Waals surface area contributed by atoms with Crippen LogP contribution in [0.2, 0.25) is 0 Å². The van der Waals surface area contributed by atoms with Crippen molar-refractivity contribution in [3.05, 3.63) is 34.9 Å². The summed E-state index contributed by atoms with van der Waals surface area (Å²) in [6.07, 6.45) is -3.76. The molecule has 3 rings (SSSR count).